The molecule has 2 aliphatic heterocycles. The topological polar surface area (TPSA) is 160 Å². The molecule has 2 N–H and O–H groups in total. The molecule has 288 valence electrons. The number of fused-ring (bicyclic) bond motifs is 2. The summed E-state index contributed by atoms with van der Waals surface area (Å²) in [6.45, 7) is 8.28. The van der Waals surface area contributed by atoms with Crippen LogP contribution >= 0.6 is 11.6 Å². The van der Waals surface area contributed by atoms with Crippen LogP contribution in [0.1, 0.15) is 59.3 Å². The van der Waals surface area contributed by atoms with Gasteiger partial charge in [-0.25, -0.2) is 9.97 Å². The van der Waals surface area contributed by atoms with Crippen molar-refractivity contribution in [3.8, 4) is 17.1 Å². The average Bonchev–Trinajstić information content (AvgIpc) is 3.59. The van der Waals surface area contributed by atoms with Crippen LogP contribution in [0.4, 0.5) is 24.5 Å². The van der Waals surface area contributed by atoms with Gasteiger partial charge in [-0.3, -0.25) is 14.4 Å². The Labute approximate surface area is 317 Å². The summed E-state index contributed by atoms with van der Waals surface area (Å²) in [5, 5.41) is 17.4. The number of carbonyl (C=O) groups excluding carboxylic acids is 2. The van der Waals surface area contributed by atoms with Gasteiger partial charge in [0.2, 0.25) is 11.7 Å². The number of ether oxygens (including phenoxy) is 1. The monoisotopic (exact) mass is 779 g/mol. The average molecular weight is 780 g/mol. The number of nitrogens with one attached hydrogen (secondary N) is 1. The van der Waals surface area contributed by atoms with Crippen LogP contribution < -0.4 is 15.8 Å². The summed E-state index contributed by atoms with van der Waals surface area (Å²) in [5.74, 6) is -1.09. The molecule has 1 saturated heterocycles. The predicted molar refractivity (Wildman–Crippen MR) is 196 cm³/mol. The minimum Gasteiger partial charge on any atom is -0.504 e. The molecule has 5 aromatic rings. The van der Waals surface area contributed by atoms with Crippen LogP contribution in [0.25, 0.3) is 17.2 Å². The van der Waals surface area contributed by atoms with Gasteiger partial charge >= 0.3 is 6.18 Å². The minimum absolute atomic E-state index is 0.0242. The Balaban J connectivity index is 1.26. The van der Waals surface area contributed by atoms with Crippen molar-refractivity contribution in [2.24, 2.45) is 0 Å². The highest BCUT2D eigenvalue weighted by Crippen LogP contribution is 2.34. The maximum atomic E-state index is 14.4. The molecule has 1 fully saturated rings. The SMILES string of the molecule is CCc1c(N2CCN(C(=O)c3ncnc(C)c3O)CC2)c(=O)n2nc(-c3ccc4c(c3)CC(C)(C)OC4)nc2n1CC(=O)Nc1ccc(C(F)(F)F)cc1Cl. The Morgan fingerprint density at radius 1 is 1.05 bits per heavy atom. The molecule has 5 heterocycles. The third-order valence-electron chi connectivity index (χ3n) is 9.82. The summed E-state index contributed by atoms with van der Waals surface area (Å²) in [7, 11) is 0. The Morgan fingerprint density at radius 2 is 1.80 bits per heavy atom. The van der Waals surface area contributed by atoms with E-state index < -0.39 is 35.7 Å². The molecule has 14 nitrogen and oxygen atoms in total. The number of aromatic nitrogens is 6. The van der Waals surface area contributed by atoms with E-state index in [4.69, 9.17) is 21.3 Å². The first kappa shape index (κ1) is 37.8. The molecule has 0 aliphatic carbocycles. The first-order chi connectivity index (χ1) is 26.0. The number of benzene rings is 2. The first-order valence-corrected chi connectivity index (χ1v) is 17.9. The molecule has 55 heavy (non-hydrogen) atoms. The molecule has 2 aliphatic rings. The van der Waals surface area contributed by atoms with Crippen LogP contribution in [0.2, 0.25) is 5.02 Å². The lowest BCUT2D eigenvalue weighted by atomic mass is 9.90. The molecule has 0 saturated carbocycles. The summed E-state index contributed by atoms with van der Waals surface area (Å²) in [6.07, 6.45) is -2.49. The van der Waals surface area contributed by atoms with E-state index in [1.165, 1.54) is 11.2 Å². The molecule has 0 unspecified atom stereocenters. The molecule has 7 rings (SSSR count). The van der Waals surface area contributed by atoms with Crippen molar-refractivity contribution >= 4 is 40.6 Å². The van der Waals surface area contributed by atoms with Gasteiger partial charge in [-0.1, -0.05) is 30.7 Å². The summed E-state index contributed by atoms with van der Waals surface area (Å²) >= 11 is 6.16. The quantitative estimate of drug-likeness (QED) is 0.229. The lowest BCUT2D eigenvalue weighted by Crippen LogP contribution is -2.51. The summed E-state index contributed by atoms with van der Waals surface area (Å²) in [5.41, 5.74) is 1.76. The third kappa shape index (κ3) is 7.33. The number of hydrogen-bond donors (Lipinski definition) is 2. The predicted octanol–water partition coefficient (Wildman–Crippen LogP) is 5.05. The van der Waals surface area contributed by atoms with Crippen LogP contribution in [0.5, 0.6) is 5.75 Å². The molecule has 18 heteroatoms. The maximum Gasteiger partial charge on any atom is 0.416 e. The van der Waals surface area contributed by atoms with Crippen LogP contribution in [-0.2, 0) is 41.7 Å². The van der Waals surface area contributed by atoms with Crippen molar-refractivity contribution in [2.75, 3.05) is 36.4 Å². The van der Waals surface area contributed by atoms with E-state index in [1.807, 2.05) is 43.9 Å². The largest absolute Gasteiger partial charge is 0.504 e. The highest BCUT2D eigenvalue weighted by molar-refractivity contribution is 6.33. The van der Waals surface area contributed by atoms with Crippen molar-refractivity contribution in [3.05, 3.63) is 91.9 Å². The normalized spacial score (nSPS) is 15.6. The van der Waals surface area contributed by atoms with Crippen LogP contribution in [0.3, 0.4) is 0 Å². The fourth-order valence-corrected chi connectivity index (χ4v) is 7.17. The Morgan fingerprint density at radius 3 is 2.49 bits per heavy atom. The van der Waals surface area contributed by atoms with Gasteiger partial charge in [0, 0.05) is 38.2 Å². The van der Waals surface area contributed by atoms with Gasteiger partial charge in [0.1, 0.15) is 18.6 Å². The molecule has 2 aromatic carbocycles. The van der Waals surface area contributed by atoms with Crippen molar-refractivity contribution in [3.63, 3.8) is 0 Å². The zero-order valence-corrected chi connectivity index (χ0v) is 31.1. The van der Waals surface area contributed by atoms with E-state index in [0.717, 1.165) is 33.8 Å². The number of alkyl halides is 3. The molecular weight excluding hydrogens is 743 g/mol. The Kier molecular flexibility index (Phi) is 9.79. The molecule has 0 bridgehead atoms. The Hall–Kier alpha value is -5.55. The smallest absolute Gasteiger partial charge is 0.416 e. The van der Waals surface area contributed by atoms with Gasteiger partial charge in [-0.05, 0) is 62.6 Å². The summed E-state index contributed by atoms with van der Waals surface area (Å²) in [6, 6.07) is 8.39. The first-order valence-electron chi connectivity index (χ1n) is 17.5. The third-order valence-corrected chi connectivity index (χ3v) is 10.1. The molecule has 0 radical (unpaired) electrons. The highest BCUT2D eigenvalue weighted by Gasteiger charge is 2.33. The highest BCUT2D eigenvalue weighted by atomic mass is 35.5. The number of halogens is 4. The van der Waals surface area contributed by atoms with E-state index in [9.17, 15) is 32.7 Å². The number of aryl methyl sites for hydroxylation is 1. The standard InChI is InChI=1S/C37H37ClF3N9O5/c1-5-27-30(47-10-12-48(13-11-47)33(53)29-31(52)20(2)42-19-43-29)34(54)50-35(45-32(46-50)21-6-7-22-18-55-36(3,4)16-23(22)14-21)49(27)17-28(51)44-26-9-8-24(15-25(26)38)37(39,40)41/h6-9,14-15,19,52H,5,10-13,16-18H2,1-4H3,(H,44,51). The van der Waals surface area contributed by atoms with Crippen LogP contribution in [0, 0.1) is 6.92 Å². The van der Waals surface area contributed by atoms with E-state index >= 15 is 0 Å². The molecule has 2 amide bonds. The van der Waals surface area contributed by atoms with E-state index in [1.54, 1.807) is 11.5 Å². The van der Waals surface area contributed by atoms with Crippen molar-refractivity contribution in [1.29, 1.82) is 0 Å². The number of rotatable bonds is 7. The lowest BCUT2D eigenvalue weighted by Gasteiger charge is -2.36. The fraction of sp³-hybridized carbons (Fsp3) is 0.378. The van der Waals surface area contributed by atoms with Crippen molar-refractivity contribution in [1.82, 2.24) is 34.0 Å². The van der Waals surface area contributed by atoms with E-state index in [-0.39, 0.29) is 83.3 Å². The van der Waals surface area contributed by atoms with Crippen LogP contribution in [0.15, 0.2) is 47.5 Å². The number of piperazine rings is 1. The van der Waals surface area contributed by atoms with Gasteiger partial charge in [-0.2, -0.15) is 22.7 Å². The fourth-order valence-electron chi connectivity index (χ4n) is 6.94. The zero-order chi connectivity index (χ0) is 39.4. The second-order valence-electron chi connectivity index (χ2n) is 14.1. The zero-order valence-electron chi connectivity index (χ0n) is 30.4. The summed E-state index contributed by atoms with van der Waals surface area (Å²) < 4.78 is 48.5. The van der Waals surface area contributed by atoms with Gasteiger partial charge in [0.05, 0.1) is 39.9 Å². The Bertz CT molecular complexity index is 2400. The van der Waals surface area contributed by atoms with Crippen LogP contribution in [-0.4, -0.2) is 82.7 Å². The van der Waals surface area contributed by atoms with Gasteiger partial charge < -0.3 is 29.5 Å². The number of carbonyl (C=O) groups is 2. The van der Waals surface area contributed by atoms with E-state index in [2.05, 4.69) is 20.4 Å². The number of aromatic hydroxyl groups is 1. The molecule has 3 aromatic heterocycles. The second-order valence-corrected chi connectivity index (χ2v) is 14.5. The molecular formula is C37H37ClF3N9O5. The second kappa shape index (κ2) is 14.3. The van der Waals surface area contributed by atoms with Gasteiger partial charge in [0.25, 0.3) is 11.5 Å². The molecule has 0 spiro atoms. The number of anilines is 2. The van der Waals surface area contributed by atoms with E-state index in [0.29, 0.717) is 24.3 Å². The minimum atomic E-state index is -4.62. The maximum absolute atomic E-state index is 14.4. The van der Waals surface area contributed by atoms with Crippen molar-refractivity contribution < 1.29 is 32.6 Å². The lowest BCUT2D eigenvalue weighted by molar-refractivity contribution is -0.137. The number of hydrogen-bond acceptors (Lipinski definition) is 10. The van der Waals surface area contributed by atoms with Gasteiger partial charge in [0.15, 0.2) is 17.3 Å². The summed E-state index contributed by atoms with van der Waals surface area (Å²) in [4.78, 5) is 57.4. The number of amides is 2. The van der Waals surface area contributed by atoms with Crippen molar-refractivity contribution in [2.45, 2.75) is 65.5 Å². The number of nitrogens with zero attached hydrogens (tertiary/aromatic N) is 8. The van der Waals surface area contributed by atoms with Gasteiger partial charge in [-0.15, -0.1) is 5.10 Å². The molecule has 0 atom stereocenters.